The number of benzene rings is 1. The lowest BCUT2D eigenvalue weighted by molar-refractivity contribution is 0.372. The molecule has 4 rings (SSSR count). The van der Waals surface area contributed by atoms with Gasteiger partial charge < -0.3 is 15.0 Å². The Hall–Kier alpha value is -3.00. The molecule has 0 unspecified atom stereocenters. The lowest BCUT2D eigenvalue weighted by atomic mass is 10.1. The first-order valence-corrected chi connectivity index (χ1v) is 9.01. The number of aromatic nitrogens is 2. The minimum Gasteiger partial charge on any atom is -0.494 e. The second-order valence-corrected chi connectivity index (χ2v) is 6.87. The molecule has 1 aliphatic heterocycles. The topological polar surface area (TPSA) is 58.9 Å². The first-order valence-electron chi connectivity index (χ1n) is 9.01. The summed E-state index contributed by atoms with van der Waals surface area (Å²) in [5.41, 5.74) is 1.60. The van der Waals surface area contributed by atoms with Crippen LogP contribution in [0.4, 0.5) is 14.5 Å². The zero-order valence-electron chi connectivity index (χ0n) is 15.6. The van der Waals surface area contributed by atoms with Crippen molar-refractivity contribution in [2.75, 3.05) is 31.6 Å². The van der Waals surface area contributed by atoms with Crippen molar-refractivity contribution in [3.63, 3.8) is 0 Å². The third kappa shape index (κ3) is 3.31. The van der Waals surface area contributed by atoms with Crippen molar-refractivity contribution >= 4 is 11.3 Å². The van der Waals surface area contributed by atoms with Gasteiger partial charge in [0.15, 0.2) is 11.6 Å². The van der Waals surface area contributed by atoms with Crippen LogP contribution in [0.2, 0.25) is 0 Å². The molecular weight excluding hydrogens is 366 g/mol. The molecule has 1 aliphatic rings. The monoisotopic (exact) mass is 386 g/mol. The van der Waals surface area contributed by atoms with Crippen molar-refractivity contribution in [2.24, 2.45) is 0 Å². The van der Waals surface area contributed by atoms with Crippen molar-refractivity contribution < 1.29 is 13.5 Å². The number of hydrogen-bond donors (Lipinski definition) is 1. The van der Waals surface area contributed by atoms with E-state index in [1.54, 1.807) is 12.3 Å². The van der Waals surface area contributed by atoms with E-state index in [-0.39, 0.29) is 22.6 Å². The molecule has 1 atom stereocenters. The van der Waals surface area contributed by atoms with Gasteiger partial charge >= 0.3 is 0 Å². The average Bonchev–Trinajstić information content (AvgIpc) is 2.69. The van der Waals surface area contributed by atoms with E-state index >= 15 is 0 Å². The van der Waals surface area contributed by atoms with Gasteiger partial charge in [0.1, 0.15) is 5.65 Å². The van der Waals surface area contributed by atoms with Gasteiger partial charge in [-0.05, 0) is 31.2 Å². The van der Waals surface area contributed by atoms with E-state index in [0.717, 1.165) is 31.4 Å². The molecule has 1 saturated heterocycles. The smallest absolute Gasteiger partial charge is 0.258 e. The summed E-state index contributed by atoms with van der Waals surface area (Å²) < 4.78 is 33.8. The Balaban J connectivity index is 1.77. The van der Waals surface area contributed by atoms with Gasteiger partial charge in [-0.25, -0.2) is 9.37 Å². The summed E-state index contributed by atoms with van der Waals surface area (Å²) in [4.78, 5) is 19.3. The van der Waals surface area contributed by atoms with Gasteiger partial charge in [-0.2, -0.15) is 4.39 Å². The zero-order valence-corrected chi connectivity index (χ0v) is 15.6. The molecule has 0 saturated carbocycles. The first-order chi connectivity index (χ1) is 13.5. The van der Waals surface area contributed by atoms with E-state index in [2.05, 4.69) is 22.1 Å². The molecular formula is C20H20F2N4O2. The normalized spacial score (nSPS) is 17.1. The quantitative estimate of drug-likeness (QED) is 0.749. The molecule has 8 heteroatoms. The van der Waals surface area contributed by atoms with E-state index in [1.807, 2.05) is 6.07 Å². The summed E-state index contributed by atoms with van der Waals surface area (Å²) >= 11 is 0. The van der Waals surface area contributed by atoms with Gasteiger partial charge in [0.25, 0.3) is 5.56 Å². The highest BCUT2D eigenvalue weighted by atomic mass is 19.2. The number of halogens is 2. The maximum Gasteiger partial charge on any atom is 0.258 e. The first kappa shape index (κ1) is 18.4. The molecule has 0 aliphatic carbocycles. The molecule has 1 fully saturated rings. The molecule has 3 aromatic rings. The Morgan fingerprint density at radius 2 is 2.07 bits per heavy atom. The number of nitrogens with zero attached hydrogens (tertiary/aromatic N) is 3. The Kier molecular flexibility index (Phi) is 4.72. The van der Waals surface area contributed by atoms with Crippen LogP contribution in [0.25, 0.3) is 16.9 Å². The van der Waals surface area contributed by atoms with Crippen LogP contribution >= 0.6 is 0 Å². The fraction of sp³-hybridized carbons (Fsp3) is 0.300. The van der Waals surface area contributed by atoms with Crippen LogP contribution < -0.4 is 20.5 Å². The number of ether oxygens (including phenoxy) is 1. The molecule has 0 radical (unpaired) electrons. The largest absolute Gasteiger partial charge is 0.494 e. The predicted molar refractivity (Wildman–Crippen MR) is 103 cm³/mol. The van der Waals surface area contributed by atoms with Crippen LogP contribution in [-0.4, -0.2) is 42.2 Å². The second-order valence-electron chi connectivity index (χ2n) is 6.87. The number of piperazine rings is 1. The predicted octanol–water partition coefficient (Wildman–Crippen LogP) is 2.45. The van der Waals surface area contributed by atoms with Crippen LogP contribution in [-0.2, 0) is 0 Å². The lowest BCUT2D eigenvalue weighted by Gasteiger charge is -2.33. The highest BCUT2D eigenvalue weighted by Crippen LogP contribution is 2.27. The van der Waals surface area contributed by atoms with Gasteiger partial charge in [-0.3, -0.25) is 9.20 Å². The van der Waals surface area contributed by atoms with Crippen LogP contribution in [0, 0.1) is 11.6 Å². The van der Waals surface area contributed by atoms with Gasteiger partial charge in [0.2, 0.25) is 5.82 Å². The van der Waals surface area contributed by atoms with E-state index in [9.17, 15) is 13.6 Å². The van der Waals surface area contributed by atoms with E-state index in [0.29, 0.717) is 11.7 Å². The van der Waals surface area contributed by atoms with Crippen LogP contribution in [0.15, 0.2) is 41.3 Å². The van der Waals surface area contributed by atoms with Gasteiger partial charge in [0.05, 0.1) is 18.5 Å². The molecule has 1 N–H and O–H groups in total. The zero-order chi connectivity index (χ0) is 19.8. The summed E-state index contributed by atoms with van der Waals surface area (Å²) in [6.45, 7) is 4.69. The van der Waals surface area contributed by atoms with E-state index in [4.69, 9.17) is 4.74 Å². The fourth-order valence-electron chi connectivity index (χ4n) is 3.45. The van der Waals surface area contributed by atoms with Crippen LogP contribution in [0.1, 0.15) is 6.92 Å². The SMILES string of the molecule is COc1cc(-c2cc(=O)n3cc(N4CCN[C@@H](C)C4)ccc3n2)cc(F)c1F. The summed E-state index contributed by atoms with van der Waals surface area (Å²) in [7, 11) is 1.25. The van der Waals surface area contributed by atoms with Gasteiger partial charge in [0, 0.05) is 43.5 Å². The lowest BCUT2D eigenvalue weighted by Crippen LogP contribution is -2.49. The molecule has 1 aromatic carbocycles. The highest BCUT2D eigenvalue weighted by Gasteiger charge is 2.17. The standard InChI is InChI=1S/C20H20F2N4O2/c1-12-10-25(6-5-23-12)14-3-4-18-24-16(9-19(27)26(18)11-14)13-7-15(21)20(22)17(8-13)28-2/h3-4,7-9,11-12,23H,5-6,10H2,1-2H3/t12-/m0/s1. The number of pyridine rings is 1. The van der Waals surface area contributed by atoms with E-state index in [1.165, 1.54) is 23.6 Å². The van der Waals surface area contributed by atoms with Crippen molar-refractivity contribution in [1.29, 1.82) is 0 Å². The third-order valence-corrected chi connectivity index (χ3v) is 4.89. The van der Waals surface area contributed by atoms with Crippen LogP contribution in [0.5, 0.6) is 5.75 Å². The number of nitrogens with one attached hydrogen (secondary N) is 1. The highest BCUT2D eigenvalue weighted by molar-refractivity contribution is 5.64. The molecule has 0 bridgehead atoms. The van der Waals surface area contributed by atoms with Crippen molar-refractivity contribution in [1.82, 2.24) is 14.7 Å². The van der Waals surface area contributed by atoms with Gasteiger partial charge in [-0.1, -0.05) is 0 Å². The van der Waals surface area contributed by atoms with Crippen molar-refractivity contribution in [3.05, 3.63) is 58.5 Å². The Morgan fingerprint density at radius 1 is 1.25 bits per heavy atom. The molecule has 0 spiro atoms. The number of fused-ring (bicyclic) bond motifs is 1. The van der Waals surface area contributed by atoms with Crippen molar-refractivity contribution in [2.45, 2.75) is 13.0 Å². The Bertz CT molecular complexity index is 1100. The minimum atomic E-state index is -1.07. The van der Waals surface area contributed by atoms with Gasteiger partial charge in [-0.15, -0.1) is 0 Å². The molecule has 146 valence electrons. The second kappa shape index (κ2) is 7.20. The maximum atomic E-state index is 13.8. The molecule has 2 aromatic heterocycles. The fourth-order valence-corrected chi connectivity index (χ4v) is 3.45. The summed E-state index contributed by atoms with van der Waals surface area (Å²) in [5.74, 6) is -2.36. The molecule has 3 heterocycles. The minimum absolute atomic E-state index is 0.236. The van der Waals surface area contributed by atoms with E-state index < -0.39 is 11.6 Å². The Morgan fingerprint density at radius 3 is 2.82 bits per heavy atom. The summed E-state index contributed by atoms with van der Waals surface area (Å²) in [6, 6.07) is 7.67. The maximum absolute atomic E-state index is 13.8. The number of methoxy groups -OCH3 is 1. The van der Waals surface area contributed by atoms with Crippen molar-refractivity contribution in [3.8, 4) is 17.0 Å². The molecule has 6 nitrogen and oxygen atoms in total. The number of rotatable bonds is 3. The average molecular weight is 386 g/mol. The summed E-state index contributed by atoms with van der Waals surface area (Å²) in [5, 5.41) is 3.38. The summed E-state index contributed by atoms with van der Waals surface area (Å²) in [6.07, 6.45) is 1.76. The van der Waals surface area contributed by atoms with Crippen LogP contribution in [0.3, 0.4) is 0 Å². The molecule has 0 amide bonds. The number of anilines is 1. The third-order valence-electron chi connectivity index (χ3n) is 4.89. The molecule has 28 heavy (non-hydrogen) atoms. The Labute approximate surface area is 160 Å². The number of hydrogen-bond acceptors (Lipinski definition) is 5.